The van der Waals surface area contributed by atoms with Crippen LogP contribution in [-0.4, -0.2) is 45.9 Å². The third-order valence-electron chi connectivity index (χ3n) is 2.39. The van der Waals surface area contributed by atoms with Crippen LogP contribution in [0.25, 0.3) is 0 Å². The van der Waals surface area contributed by atoms with Crippen molar-refractivity contribution in [2.75, 3.05) is 39.4 Å². The number of rotatable bonds is 7. The highest BCUT2D eigenvalue weighted by atomic mass is 79.9. The fourth-order valence-electron chi connectivity index (χ4n) is 1.45. The Morgan fingerprint density at radius 3 is 2.52 bits per heavy atom. The van der Waals surface area contributed by atoms with Gasteiger partial charge in [-0.1, -0.05) is 15.9 Å². The zero-order valence-corrected chi connectivity index (χ0v) is 14.7. The lowest BCUT2D eigenvalue weighted by Gasteiger charge is -2.12. The molecule has 0 saturated carbocycles. The maximum atomic E-state index is 11.8. The van der Waals surface area contributed by atoms with E-state index in [0.717, 1.165) is 0 Å². The highest BCUT2D eigenvalue weighted by Gasteiger charge is 2.18. The molecule has 1 aromatic rings. The molecule has 0 saturated heterocycles. The zero-order chi connectivity index (χ0) is 15.8. The molecule has 116 valence electrons. The largest absolute Gasteiger partial charge is 0.465 e. The number of carbonyl (C=O) groups is 2. The number of halogens is 2. The van der Waals surface area contributed by atoms with Crippen molar-refractivity contribution >= 4 is 49.4 Å². The minimum Gasteiger partial charge on any atom is -0.465 e. The molecule has 21 heavy (non-hydrogen) atoms. The van der Waals surface area contributed by atoms with Crippen molar-refractivity contribution in [2.24, 2.45) is 0 Å². The topological polar surface area (TPSA) is 73.9 Å². The summed E-state index contributed by atoms with van der Waals surface area (Å²) in [5.41, 5.74) is 0.578. The standard InChI is InChI=1S/C13H15Br2NO5/c1-19-3-4-21-7-11(17)16-12-9(13(18)20-2)5-8(14)6-10(12)15/h5-6H,3-4,7H2,1-2H3,(H,16,17). The van der Waals surface area contributed by atoms with E-state index in [4.69, 9.17) is 14.2 Å². The first-order valence-electron chi connectivity index (χ1n) is 5.93. The summed E-state index contributed by atoms with van der Waals surface area (Å²) >= 11 is 6.58. The van der Waals surface area contributed by atoms with Crippen molar-refractivity contribution in [3.8, 4) is 0 Å². The summed E-state index contributed by atoms with van der Waals surface area (Å²) in [4.78, 5) is 23.6. The second-order valence-corrected chi connectivity index (χ2v) is 5.67. The van der Waals surface area contributed by atoms with E-state index < -0.39 is 5.97 Å². The molecule has 0 aromatic heterocycles. The molecule has 1 rings (SSSR count). The van der Waals surface area contributed by atoms with E-state index in [1.54, 1.807) is 19.2 Å². The Hall–Kier alpha value is -0.960. The van der Waals surface area contributed by atoms with Gasteiger partial charge in [0.05, 0.1) is 31.6 Å². The number of hydrogen-bond acceptors (Lipinski definition) is 5. The highest BCUT2D eigenvalue weighted by molar-refractivity contribution is 9.11. The van der Waals surface area contributed by atoms with Gasteiger partial charge in [0, 0.05) is 16.1 Å². The van der Waals surface area contributed by atoms with Crippen LogP contribution >= 0.6 is 31.9 Å². The van der Waals surface area contributed by atoms with E-state index in [1.807, 2.05) is 0 Å². The summed E-state index contributed by atoms with van der Waals surface area (Å²) in [6, 6.07) is 3.28. The van der Waals surface area contributed by atoms with Crippen molar-refractivity contribution in [1.82, 2.24) is 0 Å². The van der Waals surface area contributed by atoms with Crippen molar-refractivity contribution in [3.05, 3.63) is 26.6 Å². The first-order valence-corrected chi connectivity index (χ1v) is 7.52. The van der Waals surface area contributed by atoms with Crippen molar-refractivity contribution in [1.29, 1.82) is 0 Å². The number of benzene rings is 1. The number of amides is 1. The molecule has 0 aliphatic carbocycles. The predicted molar refractivity (Wildman–Crippen MR) is 84.5 cm³/mol. The monoisotopic (exact) mass is 423 g/mol. The normalized spacial score (nSPS) is 10.3. The Kier molecular flexibility index (Phi) is 7.87. The molecule has 0 aliphatic rings. The van der Waals surface area contributed by atoms with Crippen LogP contribution in [-0.2, 0) is 19.0 Å². The molecule has 1 N–H and O–H groups in total. The molecular weight excluding hydrogens is 410 g/mol. The Labute approximate surface area is 139 Å². The molecule has 0 atom stereocenters. The number of methoxy groups -OCH3 is 2. The van der Waals surface area contributed by atoms with Gasteiger partial charge in [-0.2, -0.15) is 0 Å². The number of esters is 1. The van der Waals surface area contributed by atoms with Gasteiger partial charge in [-0.05, 0) is 28.1 Å². The third-order valence-corrected chi connectivity index (χ3v) is 3.47. The number of carbonyl (C=O) groups excluding carboxylic acids is 2. The average molecular weight is 425 g/mol. The molecule has 0 radical (unpaired) electrons. The first kappa shape index (κ1) is 18.1. The molecule has 0 aliphatic heterocycles. The molecule has 6 nitrogen and oxygen atoms in total. The van der Waals surface area contributed by atoms with Crippen LogP contribution < -0.4 is 5.32 Å². The van der Waals surface area contributed by atoms with Gasteiger partial charge in [-0.15, -0.1) is 0 Å². The fraction of sp³-hybridized carbons (Fsp3) is 0.385. The van der Waals surface area contributed by atoms with Crippen LogP contribution in [0, 0.1) is 0 Å². The molecule has 0 spiro atoms. The summed E-state index contributed by atoms with van der Waals surface area (Å²) in [5, 5.41) is 2.62. The zero-order valence-electron chi connectivity index (χ0n) is 11.6. The quantitative estimate of drug-likeness (QED) is 0.537. The Bertz CT molecular complexity index is 522. The van der Waals surface area contributed by atoms with E-state index >= 15 is 0 Å². The van der Waals surface area contributed by atoms with Gasteiger partial charge in [0.2, 0.25) is 5.91 Å². The van der Waals surface area contributed by atoms with Crippen molar-refractivity contribution in [2.45, 2.75) is 0 Å². The van der Waals surface area contributed by atoms with Crippen LogP contribution in [0.2, 0.25) is 0 Å². The summed E-state index contributed by atoms with van der Waals surface area (Å²) in [5.74, 6) is -0.924. The second-order valence-electron chi connectivity index (χ2n) is 3.90. The average Bonchev–Trinajstić information content (AvgIpc) is 2.45. The van der Waals surface area contributed by atoms with Crippen LogP contribution in [0.1, 0.15) is 10.4 Å². The summed E-state index contributed by atoms with van der Waals surface area (Å²) in [6.45, 7) is 0.588. The van der Waals surface area contributed by atoms with Crippen molar-refractivity contribution in [3.63, 3.8) is 0 Å². The molecule has 0 fully saturated rings. The van der Waals surface area contributed by atoms with Gasteiger partial charge >= 0.3 is 5.97 Å². The molecule has 0 heterocycles. The van der Waals surface area contributed by atoms with E-state index in [9.17, 15) is 9.59 Å². The minimum atomic E-state index is -0.549. The molecule has 8 heteroatoms. The van der Waals surface area contributed by atoms with Gasteiger partial charge in [0.15, 0.2) is 0 Å². The minimum absolute atomic E-state index is 0.132. The third kappa shape index (κ3) is 5.74. The van der Waals surface area contributed by atoms with E-state index in [1.165, 1.54) is 7.11 Å². The first-order chi connectivity index (χ1) is 9.99. The maximum Gasteiger partial charge on any atom is 0.340 e. The summed E-state index contributed by atoms with van der Waals surface area (Å²) in [6.07, 6.45) is 0. The van der Waals surface area contributed by atoms with Gasteiger partial charge in [0.1, 0.15) is 6.61 Å². The van der Waals surface area contributed by atoms with E-state index in [-0.39, 0.29) is 18.1 Å². The van der Waals surface area contributed by atoms with E-state index in [0.29, 0.717) is 27.8 Å². The summed E-state index contributed by atoms with van der Waals surface area (Å²) < 4.78 is 15.9. The van der Waals surface area contributed by atoms with Crippen molar-refractivity contribution < 1.29 is 23.8 Å². The van der Waals surface area contributed by atoms with Crippen LogP contribution in [0.3, 0.4) is 0 Å². The lowest BCUT2D eigenvalue weighted by molar-refractivity contribution is -0.121. The molecular formula is C13H15Br2NO5. The Morgan fingerprint density at radius 1 is 1.19 bits per heavy atom. The maximum absolute atomic E-state index is 11.8. The number of nitrogens with one attached hydrogen (secondary N) is 1. The lowest BCUT2D eigenvalue weighted by Crippen LogP contribution is -2.21. The number of anilines is 1. The molecule has 0 bridgehead atoms. The number of ether oxygens (including phenoxy) is 3. The highest BCUT2D eigenvalue weighted by Crippen LogP contribution is 2.31. The second kappa shape index (κ2) is 9.14. The SMILES string of the molecule is COCCOCC(=O)Nc1c(Br)cc(Br)cc1C(=O)OC. The molecule has 0 unspecified atom stereocenters. The fourth-order valence-corrected chi connectivity index (χ4v) is 2.78. The van der Waals surface area contributed by atoms with E-state index in [2.05, 4.69) is 37.2 Å². The van der Waals surface area contributed by atoms with Gasteiger partial charge in [0.25, 0.3) is 0 Å². The van der Waals surface area contributed by atoms with Gasteiger partial charge in [-0.3, -0.25) is 4.79 Å². The van der Waals surface area contributed by atoms with Crippen LogP contribution in [0.15, 0.2) is 21.1 Å². The lowest BCUT2D eigenvalue weighted by atomic mass is 10.2. The van der Waals surface area contributed by atoms with Gasteiger partial charge < -0.3 is 19.5 Å². The Morgan fingerprint density at radius 2 is 1.90 bits per heavy atom. The van der Waals surface area contributed by atoms with Crippen LogP contribution in [0.5, 0.6) is 0 Å². The summed E-state index contributed by atoms with van der Waals surface area (Å²) in [7, 11) is 2.82. The molecule has 1 amide bonds. The van der Waals surface area contributed by atoms with Crippen LogP contribution in [0.4, 0.5) is 5.69 Å². The predicted octanol–water partition coefficient (Wildman–Crippen LogP) is 2.60. The smallest absolute Gasteiger partial charge is 0.340 e. The number of hydrogen-bond donors (Lipinski definition) is 1. The molecule has 1 aromatic carbocycles. The Balaban J connectivity index is 2.82. The van der Waals surface area contributed by atoms with Gasteiger partial charge in [-0.25, -0.2) is 4.79 Å².